The summed E-state index contributed by atoms with van der Waals surface area (Å²) < 4.78 is 0. The highest BCUT2D eigenvalue weighted by molar-refractivity contribution is 8.00. The first-order chi connectivity index (χ1) is 8.74. The van der Waals surface area contributed by atoms with E-state index in [1.165, 1.54) is 6.42 Å². The summed E-state index contributed by atoms with van der Waals surface area (Å²) in [5.74, 6) is 2.14. The zero-order chi connectivity index (χ0) is 13.0. The van der Waals surface area contributed by atoms with Crippen molar-refractivity contribution in [2.45, 2.75) is 18.6 Å². The molecule has 1 atom stereocenters. The summed E-state index contributed by atoms with van der Waals surface area (Å²) in [4.78, 5) is 6.64. The third-order valence-electron chi connectivity index (χ3n) is 3.07. The van der Waals surface area contributed by atoms with Crippen LogP contribution in [0.1, 0.15) is 18.9 Å². The molecule has 3 N–H and O–H groups in total. The lowest BCUT2D eigenvalue weighted by Gasteiger charge is -2.32. The van der Waals surface area contributed by atoms with Crippen LogP contribution in [0, 0.1) is 0 Å². The average molecular weight is 266 g/mol. The third kappa shape index (κ3) is 2.87. The van der Waals surface area contributed by atoms with E-state index in [2.05, 4.69) is 22.0 Å². The van der Waals surface area contributed by atoms with Gasteiger partial charge in [-0.2, -0.15) is 11.8 Å². The van der Waals surface area contributed by atoms with Gasteiger partial charge in [0.15, 0.2) is 5.84 Å². The number of oxime groups is 1. The standard InChI is InChI=1S/C12H18N4OS/c1-2-10-8-16(5-6-18-10)11-7-9(3-4-14-11)12(13)15-17/h3-4,7,10,17H,2,5-6,8H2,1H3,(H2,13,15). The van der Waals surface area contributed by atoms with Gasteiger partial charge in [0.25, 0.3) is 0 Å². The minimum absolute atomic E-state index is 0.122. The van der Waals surface area contributed by atoms with Crippen LogP contribution in [0.15, 0.2) is 23.5 Å². The van der Waals surface area contributed by atoms with Crippen LogP contribution < -0.4 is 10.6 Å². The van der Waals surface area contributed by atoms with Crippen molar-refractivity contribution in [3.05, 3.63) is 23.9 Å². The zero-order valence-electron chi connectivity index (χ0n) is 10.4. The number of thioether (sulfide) groups is 1. The molecule has 1 unspecified atom stereocenters. The van der Waals surface area contributed by atoms with Gasteiger partial charge < -0.3 is 15.8 Å². The van der Waals surface area contributed by atoms with E-state index in [-0.39, 0.29) is 5.84 Å². The lowest BCUT2D eigenvalue weighted by atomic mass is 10.2. The van der Waals surface area contributed by atoms with E-state index >= 15 is 0 Å². The van der Waals surface area contributed by atoms with E-state index in [1.807, 2.05) is 17.8 Å². The SMILES string of the molecule is CCC1CN(c2cc(/C(N)=N/O)ccn2)CCS1. The van der Waals surface area contributed by atoms with Crippen LogP contribution in [0.3, 0.4) is 0 Å². The van der Waals surface area contributed by atoms with Crippen molar-refractivity contribution >= 4 is 23.4 Å². The number of nitrogens with two attached hydrogens (primary N) is 1. The molecular weight excluding hydrogens is 248 g/mol. The molecule has 0 bridgehead atoms. The highest BCUT2D eigenvalue weighted by Crippen LogP contribution is 2.24. The van der Waals surface area contributed by atoms with E-state index in [1.54, 1.807) is 12.3 Å². The molecule has 0 radical (unpaired) electrons. The fourth-order valence-corrected chi connectivity index (χ4v) is 3.16. The Morgan fingerprint density at radius 2 is 2.56 bits per heavy atom. The van der Waals surface area contributed by atoms with E-state index in [4.69, 9.17) is 10.9 Å². The van der Waals surface area contributed by atoms with Crippen molar-refractivity contribution in [3.8, 4) is 0 Å². The van der Waals surface area contributed by atoms with Gasteiger partial charge in [0.2, 0.25) is 0 Å². The van der Waals surface area contributed by atoms with Crippen molar-refractivity contribution in [1.29, 1.82) is 0 Å². The molecule has 98 valence electrons. The maximum Gasteiger partial charge on any atom is 0.170 e. The molecule has 2 rings (SSSR count). The lowest BCUT2D eigenvalue weighted by Crippen LogP contribution is -2.38. The fraction of sp³-hybridized carbons (Fsp3) is 0.500. The second-order valence-electron chi connectivity index (χ2n) is 4.24. The zero-order valence-corrected chi connectivity index (χ0v) is 11.2. The summed E-state index contributed by atoms with van der Waals surface area (Å²) >= 11 is 2.02. The van der Waals surface area contributed by atoms with Gasteiger partial charge in [-0.3, -0.25) is 0 Å². The van der Waals surface area contributed by atoms with Gasteiger partial charge in [0.05, 0.1) is 0 Å². The minimum atomic E-state index is 0.122. The van der Waals surface area contributed by atoms with Crippen molar-refractivity contribution < 1.29 is 5.21 Å². The van der Waals surface area contributed by atoms with Gasteiger partial charge in [0.1, 0.15) is 5.82 Å². The lowest BCUT2D eigenvalue weighted by molar-refractivity contribution is 0.318. The molecule has 2 heterocycles. The first-order valence-electron chi connectivity index (χ1n) is 6.05. The summed E-state index contributed by atoms with van der Waals surface area (Å²) in [6.07, 6.45) is 2.87. The predicted molar refractivity (Wildman–Crippen MR) is 75.5 cm³/mol. The Kier molecular flexibility index (Phi) is 4.30. The van der Waals surface area contributed by atoms with Gasteiger partial charge >= 0.3 is 0 Å². The van der Waals surface area contributed by atoms with Crippen LogP contribution >= 0.6 is 11.8 Å². The van der Waals surface area contributed by atoms with Crippen molar-refractivity contribution in [2.75, 3.05) is 23.7 Å². The average Bonchev–Trinajstić information content (AvgIpc) is 2.46. The maximum absolute atomic E-state index is 8.70. The Labute approximate surface area is 111 Å². The quantitative estimate of drug-likeness (QED) is 0.375. The number of hydrogen-bond acceptors (Lipinski definition) is 5. The number of rotatable bonds is 3. The largest absolute Gasteiger partial charge is 0.409 e. The van der Waals surface area contributed by atoms with E-state index in [0.29, 0.717) is 10.8 Å². The topological polar surface area (TPSA) is 74.7 Å². The number of hydrogen-bond donors (Lipinski definition) is 2. The maximum atomic E-state index is 8.70. The smallest absolute Gasteiger partial charge is 0.170 e. The van der Waals surface area contributed by atoms with E-state index < -0.39 is 0 Å². The number of nitrogens with zero attached hydrogens (tertiary/aromatic N) is 3. The molecular formula is C12H18N4OS. The molecule has 1 aromatic heterocycles. The number of amidine groups is 1. The Morgan fingerprint density at radius 3 is 3.28 bits per heavy atom. The Morgan fingerprint density at radius 1 is 1.72 bits per heavy atom. The first kappa shape index (κ1) is 13.0. The van der Waals surface area contributed by atoms with Crippen LogP contribution in [0.2, 0.25) is 0 Å². The summed E-state index contributed by atoms with van der Waals surface area (Å²) in [5, 5.41) is 12.4. The fourth-order valence-electron chi connectivity index (χ4n) is 1.98. The molecule has 6 heteroatoms. The molecule has 1 fully saturated rings. The molecule has 0 saturated carbocycles. The molecule has 1 aliphatic rings. The summed E-state index contributed by atoms with van der Waals surface area (Å²) in [5.41, 5.74) is 6.30. The molecule has 1 saturated heterocycles. The summed E-state index contributed by atoms with van der Waals surface area (Å²) in [6, 6.07) is 3.62. The van der Waals surface area contributed by atoms with E-state index in [9.17, 15) is 0 Å². The molecule has 18 heavy (non-hydrogen) atoms. The van der Waals surface area contributed by atoms with Crippen LogP contribution in [0.4, 0.5) is 5.82 Å². The van der Waals surface area contributed by atoms with E-state index in [0.717, 1.165) is 24.7 Å². The highest BCUT2D eigenvalue weighted by Gasteiger charge is 2.20. The second kappa shape index (κ2) is 5.95. The predicted octanol–water partition coefficient (Wildman–Crippen LogP) is 1.51. The van der Waals surface area contributed by atoms with Crippen molar-refractivity contribution in [2.24, 2.45) is 10.9 Å². The van der Waals surface area contributed by atoms with Crippen molar-refractivity contribution in [3.63, 3.8) is 0 Å². The first-order valence-corrected chi connectivity index (χ1v) is 7.10. The monoisotopic (exact) mass is 266 g/mol. The molecule has 5 nitrogen and oxygen atoms in total. The van der Waals surface area contributed by atoms with Gasteiger partial charge in [-0.25, -0.2) is 4.98 Å². The normalized spacial score (nSPS) is 21.1. The molecule has 0 spiro atoms. The highest BCUT2D eigenvalue weighted by atomic mass is 32.2. The minimum Gasteiger partial charge on any atom is -0.409 e. The molecule has 0 aliphatic carbocycles. The second-order valence-corrected chi connectivity index (χ2v) is 5.64. The Balaban J connectivity index is 2.17. The third-order valence-corrected chi connectivity index (χ3v) is 4.44. The van der Waals surface area contributed by atoms with Gasteiger partial charge in [0, 0.05) is 35.9 Å². The van der Waals surface area contributed by atoms with Crippen LogP contribution in [0.25, 0.3) is 0 Å². The van der Waals surface area contributed by atoms with Gasteiger partial charge in [-0.05, 0) is 18.6 Å². The number of pyridine rings is 1. The number of aromatic nitrogens is 1. The Bertz CT molecular complexity index is 438. The van der Waals surface area contributed by atoms with Gasteiger partial charge in [-0.15, -0.1) is 0 Å². The molecule has 1 aliphatic heterocycles. The van der Waals surface area contributed by atoms with Crippen molar-refractivity contribution in [1.82, 2.24) is 4.98 Å². The van der Waals surface area contributed by atoms with Crippen LogP contribution in [-0.4, -0.2) is 40.1 Å². The van der Waals surface area contributed by atoms with Gasteiger partial charge in [-0.1, -0.05) is 12.1 Å². The van der Waals surface area contributed by atoms with Crippen LogP contribution in [0.5, 0.6) is 0 Å². The number of anilines is 1. The molecule has 1 aromatic rings. The molecule has 0 amide bonds. The summed E-state index contributed by atoms with van der Waals surface area (Å²) in [7, 11) is 0. The van der Waals surface area contributed by atoms with Crippen LogP contribution in [-0.2, 0) is 0 Å². The summed E-state index contributed by atoms with van der Waals surface area (Å²) in [6.45, 7) is 4.21. The Hall–Kier alpha value is -1.43. The molecule has 0 aromatic carbocycles.